The van der Waals surface area contributed by atoms with Crippen LogP contribution in [0.4, 0.5) is 5.13 Å². The molecule has 0 aliphatic heterocycles. The quantitative estimate of drug-likeness (QED) is 0.790. The molecule has 3 rings (SSSR count). The Morgan fingerprint density at radius 3 is 2.88 bits per heavy atom. The largest absolute Gasteiger partial charge is 0.493 e. The molecule has 7 heteroatoms. The SMILES string of the molecule is CCOc1c(Br)cc(C(=O)Nc2nc3c(s2)CCCC3)cc1OC. The first-order chi connectivity index (χ1) is 11.6. The van der Waals surface area contributed by atoms with Crippen LogP contribution >= 0.6 is 27.3 Å². The van der Waals surface area contributed by atoms with Crippen LogP contribution in [0.2, 0.25) is 0 Å². The minimum atomic E-state index is -0.205. The predicted octanol–water partition coefficient (Wildman–Crippen LogP) is 4.44. The molecule has 0 spiro atoms. The van der Waals surface area contributed by atoms with Crippen molar-refractivity contribution in [3.8, 4) is 11.5 Å². The number of hydrogen-bond acceptors (Lipinski definition) is 5. The van der Waals surface area contributed by atoms with Crippen LogP contribution in [0.1, 0.15) is 40.7 Å². The molecule has 1 aromatic heterocycles. The highest BCUT2D eigenvalue weighted by atomic mass is 79.9. The van der Waals surface area contributed by atoms with Gasteiger partial charge in [0.15, 0.2) is 16.6 Å². The van der Waals surface area contributed by atoms with E-state index in [4.69, 9.17) is 9.47 Å². The molecule has 0 radical (unpaired) electrons. The highest BCUT2D eigenvalue weighted by molar-refractivity contribution is 9.10. The van der Waals surface area contributed by atoms with Gasteiger partial charge in [0.25, 0.3) is 5.91 Å². The summed E-state index contributed by atoms with van der Waals surface area (Å²) >= 11 is 5.01. The van der Waals surface area contributed by atoms with Crippen LogP contribution in [0, 0.1) is 0 Å². The zero-order valence-electron chi connectivity index (χ0n) is 13.6. The molecule has 24 heavy (non-hydrogen) atoms. The van der Waals surface area contributed by atoms with Gasteiger partial charge in [-0.25, -0.2) is 4.98 Å². The molecule has 0 saturated carbocycles. The molecule has 0 fully saturated rings. The Kier molecular flexibility index (Phi) is 5.40. The van der Waals surface area contributed by atoms with E-state index < -0.39 is 0 Å². The summed E-state index contributed by atoms with van der Waals surface area (Å²) in [6.07, 6.45) is 4.44. The summed E-state index contributed by atoms with van der Waals surface area (Å²) in [6, 6.07) is 3.41. The fraction of sp³-hybridized carbons (Fsp3) is 0.412. The number of carbonyl (C=O) groups is 1. The standard InChI is InChI=1S/C17H19BrN2O3S/c1-3-23-15-11(18)8-10(9-13(15)22-2)16(21)20-17-19-12-6-4-5-7-14(12)24-17/h8-9H,3-7H2,1-2H3,(H,19,20,21). The van der Waals surface area contributed by atoms with Gasteiger partial charge in [0.05, 0.1) is 23.9 Å². The van der Waals surface area contributed by atoms with Crippen LogP contribution in [0.3, 0.4) is 0 Å². The summed E-state index contributed by atoms with van der Waals surface area (Å²) in [5.74, 6) is 0.916. The van der Waals surface area contributed by atoms with Crippen molar-refractivity contribution < 1.29 is 14.3 Å². The fourth-order valence-electron chi connectivity index (χ4n) is 2.71. The first-order valence-corrected chi connectivity index (χ1v) is 9.53. The third-order valence-electron chi connectivity index (χ3n) is 3.85. The van der Waals surface area contributed by atoms with Crippen LogP contribution in [0.5, 0.6) is 11.5 Å². The van der Waals surface area contributed by atoms with Crippen LogP contribution in [0.15, 0.2) is 16.6 Å². The van der Waals surface area contributed by atoms with Gasteiger partial charge in [0.1, 0.15) is 0 Å². The average molecular weight is 411 g/mol. The van der Waals surface area contributed by atoms with Gasteiger partial charge >= 0.3 is 0 Å². The van der Waals surface area contributed by atoms with Crippen LogP contribution in [-0.4, -0.2) is 24.6 Å². The van der Waals surface area contributed by atoms with E-state index in [-0.39, 0.29) is 5.91 Å². The Balaban J connectivity index is 1.82. The number of ether oxygens (including phenoxy) is 2. The van der Waals surface area contributed by atoms with Gasteiger partial charge in [-0.2, -0.15) is 0 Å². The number of hydrogen-bond donors (Lipinski definition) is 1. The molecule has 1 aromatic carbocycles. The number of aryl methyl sites for hydroxylation is 2. The lowest BCUT2D eigenvalue weighted by molar-refractivity contribution is 0.102. The predicted molar refractivity (Wildman–Crippen MR) is 98.6 cm³/mol. The molecule has 2 aromatic rings. The number of fused-ring (bicyclic) bond motifs is 1. The Bertz CT molecular complexity index is 737. The molecule has 5 nitrogen and oxygen atoms in total. The number of anilines is 1. The van der Waals surface area contributed by atoms with Crippen molar-refractivity contribution in [3.05, 3.63) is 32.7 Å². The summed E-state index contributed by atoms with van der Waals surface area (Å²) < 4.78 is 11.6. The van der Waals surface area contributed by atoms with Gasteiger partial charge in [-0.15, -0.1) is 11.3 Å². The number of nitrogens with one attached hydrogen (secondary N) is 1. The molecule has 0 saturated heterocycles. The molecule has 0 bridgehead atoms. The summed E-state index contributed by atoms with van der Waals surface area (Å²) in [5, 5.41) is 3.56. The monoisotopic (exact) mass is 410 g/mol. The topological polar surface area (TPSA) is 60.5 Å². The summed E-state index contributed by atoms with van der Waals surface area (Å²) in [7, 11) is 1.56. The second-order valence-electron chi connectivity index (χ2n) is 5.47. The first-order valence-electron chi connectivity index (χ1n) is 7.92. The minimum absolute atomic E-state index is 0.205. The Hall–Kier alpha value is -1.60. The van der Waals surface area contributed by atoms with E-state index in [0.717, 1.165) is 18.5 Å². The molecular weight excluding hydrogens is 392 g/mol. The summed E-state index contributed by atoms with van der Waals surface area (Å²) in [5.41, 5.74) is 1.63. The maximum atomic E-state index is 12.6. The van der Waals surface area contributed by atoms with Crippen molar-refractivity contribution in [1.82, 2.24) is 4.98 Å². The van der Waals surface area contributed by atoms with Gasteiger partial charge in [-0.1, -0.05) is 0 Å². The molecule has 0 atom stereocenters. The number of thiazole rings is 1. The van der Waals surface area contributed by atoms with E-state index >= 15 is 0 Å². The zero-order chi connectivity index (χ0) is 17.1. The van der Waals surface area contributed by atoms with Crippen molar-refractivity contribution >= 4 is 38.3 Å². The maximum Gasteiger partial charge on any atom is 0.257 e. The van der Waals surface area contributed by atoms with Crippen LogP contribution in [0.25, 0.3) is 0 Å². The molecule has 1 amide bonds. The van der Waals surface area contributed by atoms with Gasteiger partial charge in [0.2, 0.25) is 0 Å². The highest BCUT2D eigenvalue weighted by Crippen LogP contribution is 2.37. The van der Waals surface area contributed by atoms with Crippen molar-refractivity contribution in [1.29, 1.82) is 0 Å². The molecule has 1 heterocycles. The molecule has 1 aliphatic carbocycles. The van der Waals surface area contributed by atoms with Crippen molar-refractivity contribution in [2.24, 2.45) is 0 Å². The molecular formula is C17H19BrN2O3S. The van der Waals surface area contributed by atoms with Gasteiger partial charge < -0.3 is 9.47 Å². The summed E-state index contributed by atoms with van der Waals surface area (Å²) in [4.78, 5) is 18.4. The summed E-state index contributed by atoms with van der Waals surface area (Å²) in [6.45, 7) is 2.42. The Labute approximate surface area is 153 Å². The number of nitrogens with zero attached hydrogens (tertiary/aromatic N) is 1. The third-order valence-corrected chi connectivity index (χ3v) is 5.51. The van der Waals surface area contributed by atoms with Gasteiger partial charge in [-0.05, 0) is 60.7 Å². The number of aromatic nitrogens is 1. The van der Waals surface area contributed by atoms with Crippen LogP contribution in [-0.2, 0) is 12.8 Å². The molecule has 128 valence electrons. The number of rotatable bonds is 5. The molecule has 1 N–H and O–H groups in total. The van der Waals surface area contributed by atoms with E-state index in [1.165, 1.54) is 17.7 Å². The number of amides is 1. The lowest BCUT2D eigenvalue weighted by atomic mass is 10.0. The lowest BCUT2D eigenvalue weighted by Crippen LogP contribution is -2.12. The van der Waals surface area contributed by atoms with Gasteiger partial charge in [0, 0.05) is 10.4 Å². The van der Waals surface area contributed by atoms with E-state index in [9.17, 15) is 4.79 Å². The fourth-order valence-corrected chi connectivity index (χ4v) is 4.31. The molecule has 1 aliphatic rings. The number of benzene rings is 1. The zero-order valence-corrected chi connectivity index (χ0v) is 16.1. The van der Waals surface area contributed by atoms with Crippen LogP contribution < -0.4 is 14.8 Å². The van der Waals surface area contributed by atoms with Crippen molar-refractivity contribution in [2.45, 2.75) is 32.6 Å². The van der Waals surface area contributed by atoms with E-state index in [0.29, 0.717) is 33.3 Å². The number of methoxy groups -OCH3 is 1. The third kappa shape index (κ3) is 3.57. The van der Waals surface area contributed by atoms with E-state index in [1.54, 1.807) is 30.6 Å². The normalized spacial score (nSPS) is 13.3. The second-order valence-corrected chi connectivity index (χ2v) is 7.41. The smallest absolute Gasteiger partial charge is 0.257 e. The van der Waals surface area contributed by atoms with Gasteiger partial charge in [-0.3, -0.25) is 10.1 Å². The van der Waals surface area contributed by atoms with E-state index in [1.807, 2.05) is 6.92 Å². The number of carbonyl (C=O) groups excluding carboxylic acids is 1. The Morgan fingerprint density at radius 1 is 1.38 bits per heavy atom. The first kappa shape index (κ1) is 17.2. The lowest BCUT2D eigenvalue weighted by Gasteiger charge is -2.13. The maximum absolute atomic E-state index is 12.6. The Morgan fingerprint density at radius 2 is 2.17 bits per heavy atom. The second kappa shape index (κ2) is 7.53. The number of halogens is 1. The van der Waals surface area contributed by atoms with Crippen molar-refractivity contribution in [2.75, 3.05) is 19.0 Å². The van der Waals surface area contributed by atoms with E-state index in [2.05, 4.69) is 26.2 Å². The molecule has 0 unspecified atom stereocenters. The minimum Gasteiger partial charge on any atom is -0.493 e. The average Bonchev–Trinajstić information content (AvgIpc) is 2.98. The highest BCUT2D eigenvalue weighted by Gasteiger charge is 2.19. The van der Waals surface area contributed by atoms with Crippen molar-refractivity contribution in [3.63, 3.8) is 0 Å².